The molecule has 0 aliphatic heterocycles. The zero-order chi connectivity index (χ0) is 10.1. The number of hydrogen-bond acceptors (Lipinski definition) is 3. The van der Waals surface area contributed by atoms with Gasteiger partial charge in [0.1, 0.15) is 5.56 Å². The summed E-state index contributed by atoms with van der Waals surface area (Å²) in [5.74, 6) is -0.250. The second-order valence-corrected chi connectivity index (χ2v) is 3.89. The predicted octanol–water partition coefficient (Wildman–Crippen LogP) is 1.97. The monoisotopic (exact) mass is 207 g/mol. The molecule has 0 saturated heterocycles. The molecule has 2 aromatic rings. The fraction of sp³-hybridized carbons (Fsp3) is 0.100. The molecular weight excluding hydrogens is 198 g/mol. The molecule has 0 aliphatic carbocycles. The van der Waals surface area contributed by atoms with E-state index in [0.29, 0.717) is 5.56 Å². The average Bonchev–Trinajstić information content (AvgIpc) is 2.53. The molecule has 3 nitrogen and oxygen atoms in total. The number of hydrogen-bond donors (Lipinski definition) is 2. The lowest BCUT2D eigenvalue weighted by atomic mass is 10.1. The van der Waals surface area contributed by atoms with Crippen molar-refractivity contribution in [3.63, 3.8) is 0 Å². The van der Waals surface area contributed by atoms with Crippen LogP contribution in [0.15, 0.2) is 24.3 Å². The van der Waals surface area contributed by atoms with Gasteiger partial charge in [-0.2, -0.15) is 0 Å². The second-order valence-electron chi connectivity index (χ2n) is 2.86. The number of benzene rings is 1. The highest BCUT2D eigenvalue weighted by Gasteiger charge is 2.16. The number of carbonyl (C=O) groups is 1. The summed E-state index contributed by atoms with van der Waals surface area (Å²) < 4.78 is 0.920. The lowest BCUT2D eigenvalue weighted by Crippen LogP contribution is -2.17. The molecule has 0 bridgehead atoms. The van der Waals surface area contributed by atoms with E-state index in [1.54, 1.807) is 7.05 Å². The van der Waals surface area contributed by atoms with Crippen LogP contribution in [0.3, 0.4) is 0 Å². The molecule has 4 heteroatoms. The van der Waals surface area contributed by atoms with E-state index in [2.05, 4.69) is 5.32 Å². The second kappa shape index (κ2) is 3.31. The number of rotatable bonds is 1. The standard InChI is InChI=1S/C10H9NO2S/c1-11-9(12)8-6-4-2-3-5-7(6)14-10(8)13/h2-5,13H,1H3,(H,11,12). The Balaban J connectivity index is 2.74. The van der Waals surface area contributed by atoms with Crippen molar-refractivity contribution in [2.75, 3.05) is 7.05 Å². The number of fused-ring (bicyclic) bond motifs is 1. The molecule has 1 amide bonds. The summed E-state index contributed by atoms with van der Waals surface area (Å²) in [4.78, 5) is 11.4. The van der Waals surface area contributed by atoms with Gasteiger partial charge in [0.05, 0.1) is 0 Å². The molecular formula is C10H9NO2S. The zero-order valence-corrected chi connectivity index (χ0v) is 8.39. The Bertz CT molecular complexity index is 490. The van der Waals surface area contributed by atoms with Crippen LogP contribution in [-0.2, 0) is 0 Å². The summed E-state index contributed by atoms with van der Waals surface area (Å²) in [7, 11) is 1.55. The molecule has 0 radical (unpaired) electrons. The largest absolute Gasteiger partial charge is 0.499 e. The summed E-state index contributed by atoms with van der Waals surface area (Å²) >= 11 is 1.22. The van der Waals surface area contributed by atoms with Crippen LogP contribution in [0, 0.1) is 0 Å². The molecule has 1 heterocycles. The van der Waals surface area contributed by atoms with Gasteiger partial charge >= 0.3 is 0 Å². The van der Waals surface area contributed by atoms with Crippen molar-refractivity contribution < 1.29 is 9.90 Å². The first-order valence-electron chi connectivity index (χ1n) is 4.16. The highest BCUT2D eigenvalue weighted by Crippen LogP contribution is 2.36. The maximum Gasteiger partial charge on any atom is 0.256 e. The fourth-order valence-corrected chi connectivity index (χ4v) is 2.32. The van der Waals surface area contributed by atoms with Crippen LogP contribution in [-0.4, -0.2) is 18.1 Å². The van der Waals surface area contributed by atoms with E-state index in [1.807, 2.05) is 24.3 Å². The van der Waals surface area contributed by atoms with E-state index < -0.39 is 0 Å². The fourth-order valence-electron chi connectivity index (χ4n) is 1.38. The number of nitrogens with one attached hydrogen (secondary N) is 1. The van der Waals surface area contributed by atoms with Gasteiger partial charge in [-0.25, -0.2) is 0 Å². The van der Waals surface area contributed by atoms with Gasteiger partial charge in [-0.1, -0.05) is 29.5 Å². The Labute approximate surface area is 85.0 Å². The van der Waals surface area contributed by atoms with Gasteiger partial charge in [-0.05, 0) is 6.07 Å². The Morgan fingerprint density at radius 3 is 2.86 bits per heavy atom. The third-order valence-corrected chi connectivity index (χ3v) is 3.00. The van der Waals surface area contributed by atoms with Gasteiger partial charge in [0.15, 0.2) is 5.06 Å². The molecule has 0 fully saturated rings. The minimum absolute atomic E-state index is 0.0746. The quantitative estimate of drug-likeness (QED) is 0.751. The number of thiophene rings is 1. The predicted molar refractivity (Wildman–Crippen MR) is 56.9 cm³/mol. The Hall–Kier alpha value is -1.55. The third-order valence-electron chi connectivity index (χ3n) is 2.03. The van der Waals surface area contributed by atoms with E-state index in [0.717, 1.165) is 10.1 Å². The smallest absolute Gasteiger partial charge is 0.256 e. The average molecular weight is 207 g/mol. The van der Waals surface area contributed by atoms with Gasteiger partial charge in [0, 0.05) is 17.1 Å². The highest BCUT2D eigenvalue weighted by molar-refractivity contribution is 7.21. The SMILES string of the molecule is CNC(=O)c1c(O)sc2ccccc12. The van der Waals surface area contributed by atoms with Crippen molar-refractivity contribution >= 4 is 27.3 Å². The molecule has 72 valence electrons. The molecule has 2 N–H and O–H groups in total. The molecule has 1 aromatic carbocycles. The summed E-state index contributed by atoms with van der Waals surface area (Å²) in [6.07, 6.45) is 0. The summed E-state index contributed by atoms with van der Waals surface area (Å²) in [5, 5.41) is 13.0. The van der Waals surface area contributed by atoms with Gasteiger partial charge in [-0.3, -0.25) is 4.79 Å². The summed E-state index contributed by atoms with van der Waals surface area (Å²) in [6, 6.07) is 7.44. The van der Waals surface area contributed by atoms with Crippen molar-refractivity contribution in [2.45, 2.75) is 0 Å². The van der Waals surface area contributed by atoms with Crippen LogP contribution in [0.1, 0.15) is 10.4 Å². The zero-order valence-electron chi connectivity index (χ0n) is 7.57. The van der Waals surface area contributed by atoms with Crippen LogP contribution < -0.4 is 5.32 Å². The summed E-state index contributed by atoms with van der Waals surface area (Å²) in [6.45, 7) is 0. The number of amides is 1. The Morgan fingerprint density at radius 1 is 1.43 bits per heavy atom. The lowest BCUT2D eigenvalue weighted by molar-refractivity contribution is 0.0963. The maximum absolute atomic E-state index is 11.4. The number of carbonyl (C=O) groups excluding carboxylic acids is 1. The van der Waals surface area contributed by atoms with Crippen molar-refractivity contribution in [1.29, 1.82) is 0 Å². The Kier molecular flexibility index (Phi) is 2.13. The van der Waals surface area contributed by atoms with Gasteiger partial charge < -0.3 is 10.4 Å². The normalized spacial score (nSPS) is 10.4. The van der Waals surface area contributed by atoms with E-state index >= 15 is 0 Å². The molecule has 0 atom stereocenters. The van der Waals surface area contributed by atoms with E-state index in [1.165, 1.54) is 11.3 Å². The van der Waals surface area contributed by atoms with Crippen molar-refractivity contribution in [2.24, 2.45) is 0 Å². The van der Waals surface area contributed by atoms with Gasteiger partial charge in [0.2, 0.25) is 0 Å². The first kappa shape index (κ1) is 9.02. The van der Waals surface area contributed by atoms with E-state index in [4.69, 9.17) is 0 Å². The molecule has 0 spiro atoms. The molecule has 0 unspecified atom stereocenters. The molecule has 2 rings (SSSR count). The minimum atomic E-state index is -0.250. The lowest BCUT2D eigenvalue weighted by Gasteiger charge is -1.97. The van der Waals surface area contributed by atoms with Gasteiger partial charge in [0.25, 0.3) is 5.91 Å². The molecule has 14 heavy (non-hydrogen) atoms. The van der Waals surface area contributed by atoms with Crippen molar-refractivity contribution in [3.05, 3.63) is 29.8 Å². The van der Waals surface area contributed by atoms with Crippen LogP contribution in [0.2, 0.25) is 0 Å². The van der Waals surface area contributed by atoms with Crippen LogP contribution >= 0.6 is 11.3 Å². The van der Waals surface area contributed by atoms with Crippen LogP contribution in [0.25, 0.3) is 10.1 Å². The van der Waals surface area contributed by atoms with Crippen molar-refractivity contribution in [3.8, 4) is 5.06 Å². The minimum Gasteiger partial charge on any atom is -0.499 e. The van der Waals surface area contributed by atoms with Gasteiger partial charge in [-0.15, -0.1) is 0 Å². The maximum atomic E-state index is 11.4. The molecule has 0 saturated carbocycles. The van der Waals surface area contributed by atoms with E-state index in [9.17, 15) is 9.90 Å². The van der Waals surface area contributed by atoms with Crippen LogP contribution in [0.4, 0.5) is 0 Å². The molecule has 1 aromatic heterocycles. The van der Waals surface area contributed by atoms with E-state index in [-0.39, 0.29) is 11.0 Å². The Morgan fingerprint density at radius 2 is 2.14 bits per heavy atom. The topological polar surface area (TPSA) is 49.3 Å². The summed E-state index contributed by atoms with van der Waals surface area (Å²) in [5.41, 5.74) is 0.369. The van der Waals surface area contributed by atoms with Crippen molar-refractivity contribution in [1.82, 2.24) is 5.32 Å². The highest BCUT2D eigenvalue weighted by atomic mass is 32.1. The first-order valence-corrected chi connectivity index (χ1v) is 4.98. The third kappa shape index (κ3) is 1.24. The van der Waals surface area contributed by atoms with Crippen LogP contribution in [0.5, 0.6) is 5.06 Å². The first-order chi connectivity index (χ1) is 6.74. The molecule has 0 aliphatic rings. The number of aromatic hydroxyl groups is 1.